The van der Waals surface area contributed by atoms with Crippen LogP contribution in [0.5, 0.6) is 0 Å². The molecule has 0 saturated carbocycles. The first-order chi connectivity index (χ1) is 8.61. The Kier molecular flexibility index (Phi) is 3.97. The summed E-state index contributed by atoms with van der Waals surface area (Å²) in [7, 11) is 0. The van der Waals surface area contributed by atoms with Gasteiger partial charge in [-0.2, -0.15) is 0 Å². The second-order valence-electron chi connectivity index (χ2n) is 4.93. The molecule has 3 nitrogen and oxygen atoms in total. The number of aryl methyl sites for hydroxylation is 1. The first kappa shape index (κ1) is 13.0. The van der Waals surface area contributed by atoms with Gasteiger partial charge in [-0.25, -0.2) is 4.39 Å². The van der Waals surface area contributed by atoms with Crippen molar-refractivity contribution >= 4 is 5.91 Å². The molecule has 0 aromatic heterocycles. The van der Waals surface area contributed by atoms with Crippen molar-refractivity contribution in [2.75, 3.05) is 19.7 Å². The molecule has 1 atom stereocenters. The van der Waals surface area contributed by atoms with Crippen molar-refractivity contribution in [3.63, 3.8) is 0 Å². The van der Waals surface area contributed by atoms with Gasteiger partial charge in [0.1, 0.15) is 5.82 Å². The molecule has 1 fully saturated rings. The number of benzene rings is 1. The lowest BCUT2D eigenvalue weighted by atomic mass is 9.98. The predicted octanol–water partition coefficient (Wildman–Crippen LogP) is 1.98. The summed E-state index contributed by atoms with van der Waals surface area (Å²) in [6.07, 6.45) is 1.79. The van der Waals surface area contributed by atoms with E-state index in [-0.39, 0.29) is 24.0 Å². The third-order valence-corrected chi connectivity index (χ3v) is 3.42. The molecule has 1 N–H and O–H groups in total. The second-order valence-corrected chi connectivity index (χ2v) is 4.93. The van der Waals surface area contributed by atoms with Gasteiger partial charge in [0.25, 0.3) is 5.91 Å². The van der Waals surface area contributed by atoms with Crippen molar-refractivity contribution in [3.8, 4) is 0 Å². The minimum atomic E-state index is -0.467. The molecule has 4 heteroatoms. The third-order valence-electron chi connectivity index (χ3n) is 3.42. The maximum Gasteiger partial charge on any atom is 0.256 e. The first-order valence-corrected chi connectivity index (χ1v) is 6.28. The first-order valence-electron chi connectivity index (χ1n) is 6.28. The average molecular weight is 251 g/mol. The van der Waals surface area contributed by atoms with E-state index in [1.807, 2.05) is 0 Å². The highest BCUT2D eigenvalue weighted by molar-refractivity contribution is 5.94. The smallest absolute Gasteiger partial charge is 0.256 e. The van der Waals surface area contributed by atoms with Crippen LogP contribution >= 0.6 is 0 Å². The fourth-order valence-electron chi connectivity index (χ4n) is 2.36. The molecule has 1 heterocycles. The van der Waals surface area contributed by atoms with Crippen LogP contribution in [0.4, 0.5) is 4.39 Å². The molecule has 18 heavy (non-hydrogen) atoms. The van der Waals surface area contributed by atoms with Crippen molar-refractivity contribution in [1.82, 2.24) is 4.90 Å². The van der Waals surface area contributed by atoms with E-state index in [0.717, 1.165) is 18.4 Å². The number of halogens is 1. The monoisotopic (exact) mass is 251 g/mol. The summed E-state index contributed by atoms with van der Waals surface area (Å²) in [5.74, 6) is -0.618. The number of carbonyl (C=O) groups excluding carboxylic acids is 1. The molecule has 0 radical (unpaired) electrons. The van der Waals surface area contributed by atoms with Gasteiger partial charge in [0.05, 0.1) is 5.56 Å². The van der Waals surface area contributed by atoms with Crippen LogP contribution in [0.2, 0.25) is 0 Å². The lowest BCUT2D eigenvalue weighted by Crippen LogP contribution is -2.41. The maximum atomic E-state index is 13.7. The fraction of sp³-hybridized carbons (Fsp3) is 0.500. The molecule has 0 aliphatic carbocycles. The summed E-state index contributed by atoms with van der Waals surface area (Å²) in [6.45, 7) is 3.03. The lowest BCUT2D eigenvalue weighted by Gasteiger charge is -2.32. The van der Waals surface area contributed by atoms with Gasteiger partial charge in [0.15, 0.2) is 0 Å². The van der Waals surface area contributed by atoms with Crippen molar-refractivity contribution in [1.29, 1.82) is 0 Å². The minimum absolute atomic E-state index is 0.0835. The Morgan fingerprint density at radius 1 is 1.56 bits per heavy atom. The quantitative estimate of drug-likeness (QED) is 0.873. The van der Waals surface area contributed by atoms with Crippen LogP contribution in [0, 0.1) is 18.7 Å². The van der Waals surface area contributed by atoms with Gasteiger partial charge in [0.2, 0.25) is 0 Å². The Labute approximate surface area is 106 Å². The van der Waals surface area contributed by atoms with Crippen molar-refractivity contribution in [3.05, 3.63) is 35.1 Å². The van der Waals surface area contributed by atoms with Crippen LogP contribution in [0.25, 0.3) is 0 Å². The summed E-state index contributed by atoms with van der Waals surface area (Å²) in [5, 5.41) is 9.14. The number of likely N-dealkylation sites (tertiary alicyclic amines) is 1. The maximum absolute atomic E-state index is 13.7. The Morgan fingerprint density at radius 2 is 2.33 bits per heavy atom. The van der Waals surface area contributed by atoms with Crippen LogP contribution in [0.15, 0.2) is 18.2 Å². The number of hydrogen-bond acceptors (Lipinski definition) is 2. The van der Waals surface area contributed by atoms with Crippen LogP contribution in [-0.4, -0.2) is 35.6 Å². The highest BCUT2D eigenvalue weighted by atomic mass is 19.1. The van der Waals surface area contributed by atoms with Crippen molar-refractivity contribution in [2.24, 2.45) is 5.92 Å². The number of amides is 1. The normalized spacial score (nSPS) is 19.9. The highest BCUT2D eigenvalue weighted by Crippen LogP contribution is 2.19. The summed E-state index contributed by atoms with van der Waals surface area (Å²) >= 11 is 0. The van der Waals surface area contributed by atoms with E-state index < -0.39 is 5.82 Å². The van der Waals surface area contributed by atoms with Crippen LogP contribution in [0.3, 0.4) is 0 Å². The topological polar surface area (TPSA) is 40.5 Å². The zero-order valence-corrected chi connectivity index (χ0v) is 10.5. The number of nitrogens with zero attached hydrogens (tertiary/aromatic N) is 1. The summed E-state index contributed by atoms with van der Waals surface area (Å²) in [4.78, 5) is 13.8. The van der Waals surface area contributed by atoms with Gasteiger partial charge >= 0.3 is 0 Å². The number of piperidine rings is 1. The summed E-state index contributed by atoms with van der Waals surface area (Å²) in [5.41, 5.74) is 0.926. The van der Waals surface area contributed by atoms with Gasteiger partial charge in [-0.3, -0.25) is 4.79 Å². The molecule has 1 aromatic carbocycles. The SMILES string of the molecule is Cc1ccc(C(=O)N2CCCC(CO)C2)c(F)c1. The average Bonchev–Trinajstić information content (AvgIpc) is 2.38. The predicted molar refractivity (Wildman–Crippen MR) is 66.9 cm³/mol. The number of aliphatic hydroxyl groups is 1. The molecule has 2 rings (SSSR count). The van der Waals surface area contributed by atoms with Gasteiger partial charge < -0.3 is 10.0 Å². The standard InChI is InChI=1S/C14H18FNO2/c1-10-4-5-12(13(15)7-10)14(18)16-6-2-3-11(8-16)9-17/h4-5,7,11,17H,2-3,6,8-9H2,1H3. The van der Waals surface area contributed by atoms with E-state index in [2.05, 4.69) is 0 Å². The summed E-state index contributed by atoms with van der Waals surface area (Å²) < 4.78 is 13.7. The summed E-state index contributed by atoms with van der Waals surface area (Å²) in [6, 6.07) is 4.65. The molecule has 1 aliphatic heterocycles. The van der Waals surface area contributed by atoms with Gasteiger partial charge in [-0.1, -0.05) is 6.07 Å². The highest BCUT2D eigenvalue weighted by Gasteiger charge is 2.25. The largest absolute Gasteiger partial charge is 0.396 e. The Morgan fingerprint density at radius 3 is 3.00 bits per heavy atom. The van der Waals surface area contributed by atoms with E-state index in [9.17, 15) is 9.18 Å². The zero-order chi connectivity index (χ0) is 13.1. The van der Waals surface area contributed by atoms with E-state index in [0.29, 0.717) is 13.1 Å². The molecule has 1 aliphatic rings. The Hall–Kier alpha value is -1.42. The molecule has 1 aromatic rings. The van der Waals surface area contributed by atoms with Gasteiger partial charge in [-0.15, -0.1) is 0 Å². The lowest BCUT2D eigenvalue weighted by molar-refractivity contribution is 0.0616. The molecular weight excluding hydrogens is 233 g/mol. The minimum Gasteiger partial charge on any atom is -0.396 e. The molecule has 1 unspecified atom stereocenters. The number of carbonyl (C=O) groups is 1. The number of hydrogen-bond donors (Lipinski definition) is 1. The molecule has 1 amide bonds. The van der Waals surface area contributed by atoms with Gasteiger partial charge in [0, 0.05) is 19.7 Å². The van der Waals surface area contributed by atoms with E-state index in [4.69, 9.17) is 5.11 Å². The van der Waals surface area contributed by atoms with E-state index in [1.54, 1.807) is 17.9 Å². The molecule has 0 spiro atoms. The zero-order valence-electron chi connectivity index (χ0n) is 10.5. The van der Waals surface area contributed by atoms with Crippen molar-refractivity contribution < 1.29 is 14.3 Å². The number of rotatable bonds is 2. The van der Waals surface area contributed by atoms with E-state index in [1.165, 1.54) is 12.1 Å². The van der Waals surface area contributed by atoms with Crippen molar-refractivity contribution in [2.45, 2.75) is 19.8 Å². The Bertz CT molecular complexity index is 447. The second kappa shape index (κ2) is 5.48. The van der Waals surface area contributed by atoms with Crippen LogP contribution < -0.4 is 0 Å². The fourth-order valence-corrected chi connectivity index (χ4v) is 2.36. The molecule has 98 valence electrons. The van der Waals surface area contributed by atoms with Crippen LogP contribution in [0.1, 0.15) is 28.8 Å². The van der Waals surface area contributed by atoms with Gasteiger partial charge in [-0.05, 0) is 43.4 Å². The molecule has 0 bridgehead atoms. The van der Waals surface area contributed by atoms with E-state index >= 15 is 0 Å². The third kappa shape index (κ3) is 2.70. The molecular formula is C14H18FNO2. The number of aliphatic hydroxyl groups excluding tert-OH is 1. The van der Waals surface area contributed by atoms with Crippen LogP contribution in [-0.2, 0) is 0 Å². The molecule has 1 saturated heterocycles. The Balaban J connectivity index is 2.15.